The van der Waals surface area contributed by atoms with Gasteiger partial charge in [-0.25, -0.2) is 0 Å². The van der Waals surface area contributed by atoms with Crippen LogP contribution in [-0.4, -0.2) is 36.6 Å². The quantitative estimate of drug-likeness (QED) is 0.762. The van der Waals surface area contributed by atoms with Gasteiger partial charge in [0, 0.05) is 25.2 Å². The van der Waals surface area contributed by atoms with E-state index in [1.807, 2.05) is 0 Å². The molecular weight excluding hydrogens is 244 g/mol. The third-order valence-corrected chi connectivity index (χ3v) is 5.84. The Bertz CT molecular complexity index is 273. The molecule has 0 spiro atoms. The average Bonchev–Trinajstić information content (AvgIpc) is 3.13. The van der Waals surface area contributed by atoms with Gasteiger partial charge in [-0.3, -0.25) is 4.90 Å². The molecule has 2 nitrogen and oxygen atoms in total. The highest BCUT2D eigenvalue weighted by Crippen LogP contribution is 2.35. The Morgan fingerprint density at radius 2 is 1.65 bits per heavy atom. The second kappa shape index (κ2) is 7.26. The van der Waals surface area contributed by atoms with Crippen LogP contribution in [0.15, 0.2) is 0 Å². The molecule has 2 heteroatoms. The summed E-state index contributed by atoms with van der Waals surface area (Å²) in [6, 6.07) is 1.70. The van der Waals surface area contributed by atoms with Crippen LogP contribution in [0.3, 0.4) is 0 Å². The summed E-state index contributed by atoms with van der Waals surface area (Å²) in [5, 5.41) is 3.71. The fraction of sp³-hybridized carbons (Fsp3) is 1.00. The minimum absolute atomic E-state index is 0.794. The standard InChI is InChI=1S/C18H34N2/c1-2-4-15-8-10-18(11-9-15)20(13-16-6-7-16)14-17-5-3-12-19-17/h15-19H,2-14H2,1H3. The lowest BCUT2D eigenvalue weighted by Crippen LogP contribution is -2.45. The Hall–Kier alpha value is -0.0800. The zero-order valence-corrected chi connectivity index (χ0v) is 13.4. The van der Waals surface area contributed by atoms with Gasteiger partial charge in [0.05, 0.1) is 0 Å². The highest BCUT2D eigenvalue weighted by Gasteiger charge is 2.32. The smallest absolute Gasteiger partial charge is 0.0195 e. The van der Waals surface area contributed by atoms with Crippen molar-refractivity contribution in [2.24, 2.45) is 11.8 Å². The summed E-state index contributed by atoms with van der Waals surface area (Å²) in [6.07, 6.45) is 14.6. The molecule has 0 aromatic carbocycles. The van der Waals surface area contributed by atoms with Crippen molar-refractivity contribution < 1.29 is 0 Å². The monoisotopic (exact) mass is 278 g/mol. The zero-order valence-electron chi connectivity index (χ0n) is 13.4. The van der Waals surface area contributed by atoms with Crippen LogP contribution in [-0.2, 0) is 0 Å². The van der Waals surface area contributed by atoms with Crippen molar-refractivity contribution in [3.05, 3.63) is 0 Å². The van der Waals surface area contributed by atoms with E-state index < -0.39 is 0 Å². The van der Waals surface area contributed by atoms with E-state index in [-0.39, 0.29) is 0 Å². The maximum atomic E-state index is 3.71. The van der Waals surface area contributed by atoms with Crippen LogP contribution in [0.1, 0.15) is 71.1 Å². The first-order chi connectivity index (χ1) is 9.85. The molecule has 2 saturated carbocycles. The first kappa shape index (κ1) is 14.8. The summed E-state index contributed by atoms with van der Waals surface area (Å²) in [6.45, 7) is 6.34. The van der Waals surface area contributed by atoms with Gasteiger partial charge in [0.2, 0.25) is 0 Å². The molecule has 0 bridgehead atoms. The molecule has 1 N–H and O–H groups in total. The molecule has 2 aliphatic carbocycles. The molecule has 0 radical (unpaired) electrons. The molecule has 0 aromatic rings. The van der Waals surface area contributed by atoms with Gasteiger partial charge < -0.3 is 5.32 Å². The summed E-state index contributed by atoms with van der Waals surface area (Å²) < 4.78 is 0. The van der Waals surface area contributed by atoms with E-state index >= 15 is 0 Å². The van der Waals surface area contributed by atoms with Crippen LogP contribution in [0.25, 0.3) is 0 Å². The summed E-state index contributed by atoms with van der Waals surface area (Å²) in [5.41, 5.74) is 0. The van der Waals surface area contributed by atoms with E-state index in [9.17, 15) is 0 Å². The van der Waals surface area contributed by atoms with Gasteiger partial charge >= 0.3 is 0 Å². The van der Waals surface area contributed by atoms with Crippen LogP contribution >= 0.6 is 0 Å². The van der Waals surface area contributed by atoms with Crippen LogP contribution in [0.4, 0.5) is 0 Å². The van der Waals surface area contributed by atoms with E-state index in [2.05, 4.69) is 17.1 Å². The summed E-state index contributed by atoms with van der Waals surface area (Å²) in [7, 11) is 0. The first-order valence-corrected chi connectivity index (χ1v) is 9.32. The summed E-state index contributed by atoms with van der Waals surface area (Å²) >= 11 is 0. The molecule has 1 atom stereocenters. The van der Waals surface area contributed by atoms with E-state index in [0.717, 1.165) is 23.9 Å². The third kappa shape index (κ3) is 4.21. The van der Waals surface area contributed by atoms with Gasteiger partial charge in [0.15, 0.2) is 0 Å². The molecule has 1 aliphatic heterocycles. The number of rotatable bonds is 7. The van der Waals surface area contributed by atoms with Crippen molar-refractivity contribution in [2.75, 3.05) is 19.6 Å². The molecule has 0 aromatic heterocycles. The predicted octanol–water partition coefficient (Wildman–Crippen LogP) is 3.81. The number of nitrogens with zero attached hydrogens (tertiary/aromatic N) is 1. The van der Waals surface area contributed by atoms with Crippen molar-refractivity contribution in [1.82, 2.24) is 10.2 Å². The van der Waals surface area contributed by atoms with Crippen LogP contribution in [0, 0.1) is 11.8 Å². The largest absolute Gasteiger partial charge is 0.313 e. The Morgan fingerprint density at radius 3 is 2.25 bits per heavy atom. The molecule has 3 aliphatic rings. The normalized spacial score (nSPS) is 34.8. The Morgan fingerprint density at radius 1 is 0.900 bits per heavy atom. The Balaban J connectivity index is 1.49. The predicted molar refractivity (Wildman–Crippen MR) is 86.0 cm³/mol. The molecule has 116 valence electrons. The summed E-state index contributed by atoms with van der Waals surface area (Å²) in [5.74, 6) is 2.09. The second-order valence-corrected chi connectivity index (χ2v) is 7.65. The highest BCUT2D eigenvalue weighted by atomic mass is 15.2. The zero-order chi connectivity index (χ0) is 13.8. The van der Waals surface area contributed by atoms with Crippen molar-refractivity contribution >= 4 is 0 Å². The van der Waals surface area contributed by atoms with Gasteiger partial charge in [-0.2, -0.15) is 0 Å². The van der Waals surface area contributed by atoms with Crippen LogP contribution < -0.4 is 5.32 Å². The molecule has 3 fully saturated rings. The lowest BCUT2D eigenvalue weighted by Gasteiger charge is -2.38. The molecule has 1 heterocycles. The molecule has 0 amide bonds. The van der Waals surface area contributed by atoms with Crippen molar-refractivity contribution in [3.8, 4) is 0 Å². The highest BCUT2D eigenvalue weighted by molar-refractivity contribution is 4.88. The van der Waals surface area contributed by atoms with Gasteiger partial charge in [0.25, 0.3) is 0 Å². The van der Waals surface area contributed by atoms with Crippen molar-refractivity contribution in [3.63, 3.8) is 0 Å². The lowest BCUT2D eigenvalue weighted by molar-refractivity contribution is 0.118. The Labute approximate surface area is 125 Å². The molecule has 1 saturated heterocycles. The maximum absolute atomic E-state index is 3.71. The van der Waals surface area contributed by atoms with Crippen molar-refractivity contribution in [2.45, 2.75) is 83.2 Å². The lowest BCUT2D eigenvalue weighted by atomic mass is 9.82. The van der Waals surface area contributed by atoms with Crippen molar-refractivity contribution in [1.29, 1.82) is 0 Å². The number of nitrogens with one attached hydrogen (secondary N) is 1. The van der Waals surface area contributed by atoms with Gasteiger partial charge in [-0.05, 0) is 69.7 Å². The number of hydrogen-bond acceptors (Lipinski definition) is 2. The van der Waals surface area contributed by atoms with Crippen LogP contribution in [0.2, 0.25) is 0 Å². The maximum Gasteiger partial charge on any atom is 0.0195 e. The minimum Gasteiger partial charge on any atom is -0.313 e. The molecular formula is C18H34N2. The van der Waals surface area contributed by atoms with Gasteiger partial charge in [0.1, 0.15) is 0 Å². The van der Waals surface area contributed by atoms with E-state index in [1.165, 1.54) is 83.8 Å². The van der Waals surface area contributed by atoms with Gasteiger partial charge in [-0.1, -0.05) is 19.8 Å². The fourth-order valence-corrected chi connectivity index (χ4v) is 4.41. The molecule has 1 unspecified atom stereocenters. The summed E-state index contributed by atoms with van der Waals surface area (Å²) in [4.78, 5) is 2.89. The number of hydrogen-bond donors (Lipinski definition) is 1. The fourth-order valence-electron chi connectivity index (χ4n) is 4.41. The third-order valence-electron chi connectivity index (χ3n) is 5.84. The topological polar surface area (TPSA) is 15.3 Å². The second-order valence-electron chi connectivity index (χ2n) is 7.65. The van der Waals surface area contributed by atoms with Crippen LogP contribution in [0.5, 0.6) is 0 Å². The SMILES string of the molecule is CCCC1CCC(N(CC2CC2)CC2CCCN2)CC1. The van der Waals surface area contributed by atoms with Gasteiger partial charge in [-0.15, -0.1) is 0 Å². The van der Waals surface area contributed by atoms with E-state index in [1.54, 1.807) is 0 Å². The first-order valence-electron chi connectivity index (χ1n) is 9.32. The molecule has 20 heavy (non-hydrogen) atoms. The Kier molecular flexibility index (Phi) is 5.39. The van der Waals surface area contributed by atoms with E-state index in [4.69, 9.17) is 0 Å². The van der Waals surface area contributed by atoms with E-state index in [0.29, 0.717) is 0 Å². The minimum atomic E-state index is 0.794. The molecule has 3 rings (SSSR count). The average molecular weight is 278 g/mol.